The first-order valence-corrected chi connectivity index (χ1v) is 6.46. The van der Waals surface area contributed by atoms with Crippen LogP contribution in [0, 0.1) is 0 Å². The maximum absolute atomic E-state index is 5.64. The average molecular weight is 233 g/mol. The summed E-state index contributed by atoms with van der Waals surface area (Å²) in [5.41, 5.74) is 1.63. The maximum Gasteiger partial charge on any atom is 0.0625 e. The molecule has 1 saturated heterocycles. The van der Waals surface area contributed by atoms with Crippen LogP contribution in [0.1, 0.15) is 26.3 Å². The van der Waals surface area contributed by atoms with Crippen LogP contribution >= 0.6 is 0 Å². The molecule has 0 amide bonds. The summed E-state index contributed by atoms with van der Waals surface area (Å²) in [6, 6.07) is 11.2. The van der Waals surface area contributed by atoms with E-state index < -0.39 is 0 Å². The third-order valence-corrected chi connectivity index (χ3v) is 3.40. The lowest BCUT2D eigenvalue weighted by molar-refractivity contribution is -0.0486. The van der Waals surface area contributed by atoms with Crippen LogP contribution in [-0.2, 0) is 11.2 Å². The molecular formula is C15H23NO. The lowest BCUT2D eigenvalue weighted by Crippen LogP contribution is -2.55. The number of benzene rings is 1. The molecule has 0 spiro atoms. The first-order valence-electron chi connectivity index (χ1n) is 6.46. The molecule has 0 radical (unpaired) electrons. The van der Waals surface area contributed by atoms with Crippen LogP contribution in [0.5, 0.6) is 0 Å². The van der Waals surface area contributed by atoms with Crippen molar-refractivity contribution in [3.05, 3.63) is 35.9 Å². The first-order chi connectivity index (χ1) is 8.07. The summed E-state index contributed by atoms with van der Waals surface area (Å²) in [6.07, 6.45) is 1.08. The minimum atomic E-state index is 0.225. The van der Waals surface area contributed by atoms with E-state index in [1.165, 1.54) is 5.56 Å². The molecule has 17 heavy (non-hydrogen) atoms. The zero-order valence-electron chi connectivity index (χ0n) is 11.1. The van der Waals surface area contributed by atoms with E-state index in [1.807, 2.05) is 0 Å². The monoisotopic (exact) mass is 233 g/mol. The number of hydrogen-bond donors (Lipinski definition) is 0. The molecule has 1 aliphatic rings. The number of hydrogen-bond acceptors (Lipinski definition) is 2. The second-order valence-electron chi connectivity index (χ2n) is 5.78. The van der Waals surface area contributed by atoms with E-state index in [1.54, 1.807) is 0 Å². The molecule has 0 saturated carbocycles. The lowest BCUT2D eigenvalue weighted by Gasteiger charge is -2.44. The van der Waals surface area contributed by atoms with Crippen molar-refractivity contribution in [2.75, 3.05) is 19.8 Å². The molecule has 1 aliphatic heterocycles. The first kappa shape index (κ1) is 12.6. The minimum Gasteiger partial charge on any atom is -0.378 e. The van der Waals surface area contributed by atoms with E-state index in [-0.39, 0.29) is 5.54 Å². The molecule has 2 nitrogen and oxygen atoms in total. The predicted molar refractivity (Wildman–Crippen MR) is 71.2 cm³/mol. The highest BCUT2D eigenvalue weighted by Crippen LogP contribution is 2.22. The standard InChI is InChI=1S/C15H23NO/c1-15(2,3)16-9-10-17-12-14(16)11-13-7-5-4-6-8-13/h4-8,14H,9-12H2,1-3H3/t14-/m0/s1. The van der Waals surface area contributed by atoms with E-state index in [0.29, 0.717) is 6.04 Å². The van der Waals surface area contributed by atoms with Crippen molar-refractivity contribution in [1.29, 1.82) is 0 Å². The van der Waals surface area contributed by atoms with Crippen LogP contribution in [-0.4, -0.2) is 36.2 Å². The maximum atomic E-state index is 5.64. The van der Waals surface area contributed by atoms with Crippen molar-refractivity contribution in [3.8, 4) is 0 Å². The SMILES string of the molecule is CC(C)(C)N1CCOC[C@@H]1Cc1ccccc1. The van der Waals surface area contributed by atoms with E-state index in [9.17, 15) is 0 Å². The zero-order valence-corrected chi connectivity index (χ0v) is 11.1. The molecular weight excluding hydrogens is 210 g/mol. The Morgan fingerprint density at radius 3 is 2.59 bits per heavy atom. The molecule has 0 unspecified atom stereocenters. The number of ether oxygens (including phenoxy) is 1. The van der Waals surface area contributed by atoms with Gasteiger partial charge in [-0.15, -0.1) is 0 Å². The van der Waals surface area contributed by atoms with Gasteiger partial charge in [0.2, 0.25) is 0 Å². The molecule has 2 heteroatoms. The van der Waals surface area contributed by atoms with Gasteiger partial charge in [0.25, 0.3) is 0 Å². The Morgan fingerprint density at radius 1 is 1.24 bits per heavy atom. The zero-order chi connectivity index (χ0) is 12.3. The van der Waals surface area contributed by atoms with E-state index in [4.69, 9.17) is 4.74 Å². The summed E-state index contributed by atoms with van der Waals surface area (Å²) in [5.74, 6) is 0. The predicted octanol–water partition coefficient (Wildman–Crippen LogP) is 2.73. The summed E-state index contributed by atoms with van der Waals surface area (Å²) in [7, 11) is 0. The van der Waals surface area contributed by atoms with Crippen LogP contribution in [0.25, 0.3) is 0 Å². The molecule has 0 aromatic heterocycles. The van der Waals surface area contributed by atoms with Crippen molar-refractivity contribution in [2.45, 2.75) is 38.8 Å². The van der Waals surface area contributed by atoms with Crippen molar-refractivity contribution >= 4 is 0 Å². The summed E-state index contributed by atoms with van der Waals surface area (Å²) >= 11 is 0. The summed E-state index contributed by atoms with van der Waals surface area (Å²) < 4.78 is 5.64. The molecule has 1 fully saturated rings. The van der Waals surface area contributed by atoms with E-state index in [0.717, 1.165) is 26.2 Å². The molecule has 1 aromatic carbocycles. The molecule has 0 bridgehead atoms. The quantitative estimate of drug-likeness (QED) is 0.779. The van der Waals surface area contributed by atoms with Crippen LogP contribution in [0.2, 0.25) is 0 Å². The second-order valence-corrected chi connectivity index (χ2v) is 5.78. The summed E-state index contributed by atoms with van der Waals surface area (Å²) in [4.78, 5) is 2.57. The lowest BCUT2D eigenvalue weighted by atomic mass is 9.97. The smallest absolute Gasteiger partial charge is 0.0625 e. The van der Waals surface area contributed by atoms with Crippen molar-refractivity contribution in [2.24, 2.45) is 0 Å². The van der Waals surface area contributed by atoms with E-state index in [2.05, 4.69) is 56.0 Å². The fourth-order valence-corrected chi connectivity index (χ4v) is 2.59. The van der Waals surface area contributed by atoms with Gasteiger partial charge in [0.05, 0.1) is 13.2 Å². The van der Waals surface area contributed by atoms with Gasteiger partial charge in [-0.05, 0) is 32.8 Å². The Balaban J connectivity index is 2.07. The van der Waals surface area contributed by atoms with Crippen molar-refractivity contribution in [3.63, 3.8) is 0 Å². The second kappa shape index (κ2) is 5.19. The van der Waals surface area contributed by atoms with E-state index >= 15 is 0 Å². The fourth-order valence-electron chi connectivity index (χ4n) is 2.59. The minimum absolute atomic E-state index is 0.225. The van der Waals surface area contributed by atoms with Crippen LogP contribution in [0.3, 0.4) is 0 Å². The Bertz CT molecular complexity index is 342. The topological polar surface area (TPSA) is 12.5 Å². The third-order valence-electron chi connectivity index (χ3n) is 3.40. The molecule has 1 atom stereocenters. The summed E-state index contributed by atoms with van der Waals surface area (Å²) in [5, 5.41) is 0. The van der Waals surface area contributed by atoms with Crippen LogP contribution in [0.15, 0.2) is 30.3 Å². The number of morpholine rings is 1. The molecule has 2 rings (SSSR count). The highest BCUT2D eigenvalue weighted by Gasteiger charge is 2.31. The average Bonchev–Trinajstić information content (AvgIpc) is 2.30. The third kappa shape index (κ3) is 3.30. The van der Waals surface area contributed by atoms with Gasteiger partial charge in [-0.1, -0.05) is 30.3 Å². The summed E-state index contributed by atoms with van der Waals surface area (Å²) in [6.45, 7) is 9.62. The molecule has 0 N–H and O–H groups in total. The van der Waals surface area contributed by atoms with Gasteiger partial charge in [-0.2, -0.15) is 0 Å². The van der Waals surface area contributed by atoms with Gasteiger partial charge in [0, 0.05) is 18.1 Å². The van der Waals surface area contributed by atoms with Crippen LogP contribution in [0.4, 0.5) is 0 Å². The van der Waals surface area contributed by atoms with Gasteiger partial charge in [0.15, 0.2) is 0 Å². The van der Waals surface area contributed by atoms with Crippen molar-refractivity contribution in [1.82, 2.24) is 4.90 Å². The largest absolute Gasteiger partial charge is 0.378 e. The van der Waals surface area contributed by atoms with Crippen LogP contribution < -0.4 is 0 Å². The Morgan fingerprint density at radius 2 is 1.94 bits per heavy atom. The fraction of sp³-hybridized carbons (Fsp3) is 0.600. The normalized spacial score (nSPS) is 22.6. The Hall–Kier alpha value is -0.860. The number of nitrogens with zero attached hydrogens (tertiary/aromatic N) is 1. The van der Waals surface area contributed by atoms with Gasteiger partial charge >= 0.3 is 0 Å². The molecule has 1 heterocycles. The van der Waals surface area contributed by atoms with Gasteiger partial charge in [-0.3, -0.25) is 4.90 Å². The van der Waals surface area contributed by atoms with Gasteiger partial charge < -0.3 is 4.74 Å². The van der Waals surface area contributed by atoms with Crippen molar-refractivity contribution < 1.29 is 4.74 Å². The number of rotatable bonds is 2. The molecule has 0 aliphatic carbocycles. The molecule has 1 aromatic rings. The van der Waals surface area contributed by atoms with Gasteiger partial charge in [0.1, 0.15) is 0 Å². The highest BCUT2D eigenvalue weighted by atomic mass is 16.5. The Labute approximate surface area is 105 Å². The Kier molecular flexibility index (Phi) is 3.85. The van der Waals surface area contributed by atoms with Gasteiger partial charge in [-0.25, -0.2) is 0 Å². The molecule has 94 valence electrons. The highest BCUT2D eigenvalue weighted by molar-refractivity contribution is 5.16.